The minimum absolute atomic E-state index is 0.608. The molecule has 0 atom stereocenters. The van der Waals surface area contributed by atoms with E-state index in [0.29, 0.717) is 0 Å². The minimum atomic E-state index is -0.608. The molecule has 0 aliphatic carbocycles. The number of anilines is 1. The van der Waals surface area contributed by atoms with Crippen molar-refractivity contribution in [2.45, 2.75) is 25.2 Å². The van der Waals surface area contributed by atoms with Crippen LogP contribution in [0.4, 0.5) is 5.00 Å². The molecule has 2 heterocycles. The van der Waals surface area contributed by atoms with Crippen LogP contribution in [0.15, 0.2) is 12.1 Å². The Labute approximate surface area is 99.5 Å². The Hall–Kier alpha value is -1.52. The zero-order valence-electron chi connectivity index (χ0n) is 9.02. The second-order valence-corrected chi connectivity index (χ2v) is 5.01. The van der Waals surface area contributed by atoms with Crippen LogP contribution in [0.5, 0.6) is 0 Å². The molecule has 3 nitrogen and oxygen atoms in total. The fourth-order valence-corrected chi connectivity index (χ4v) is 2.99. The second-order valence-electron chi connectivity index (χ2n) is 3.91. The van der Waals surface area contributed by atoms with Crippen LogP contribution in [0.25, 0.3) is 0 Å². The van der Waals surface area contributed by atoms with E-state index in [1.807, 2.05) is 24.3 Å². The van der Waals surface area contributed by atoms with Crippen molar-refractivity contribution < 1.29 is 0 Å². The molecule has 16 heavy (non-hydrogen) atoms. The lowest BCUT2D eigenvalue weighted by molar-refractivity contribution is 0.580. The molecule has 0 bridgehead atoms. The summed E-state index contributed by atoms with van der Waals surface area (Å²) in [5.41, 5.74) is 0. The monoisotopic (exact) mass is 231 g/mol. The van der Waals surface area contributed by atoms with Gasteiger partial charge in [0.25, 0.3) is 0 Å². The molecule has 2 rings (SSSR count). The van der Waals surface area contributed by atoms with Crippen LogP contribution >= 0.6 is 11.3 Å². The van der Waals surface area contributed by atoms with Crippen molar-refractivity contribution >= 4 is 16.3 Å². The number of hydrogen-bond acceptors (Lipinski definition) is 4. The van der Waals surface area contributed by atoms with Gasteiger partial charge in [-0.05, 0) is 31.4 Å². The van der Waals surface area contributed by atoms with Gasteiger partial charge >= 0.3 is 0 Å². The summed E-state index contributed by atoms with van der Waals surface area (Å²) in [5, 5.41) is 18.8. The molecule has 1 aliphatic rings. The van der Waals surface area contributed by atoms with E-state index < -0.39 is 5.92 Å². The Balaban J connectivity index is 2.13. The predicted molar refractivity (Wildman–Crippen MR) is 64.4 cm³/mol. The molecule has 0 unspecified atom stereocenters. The molecule has 1 aliphatic heterocycles. The highest BCUT2D eigenvalue weighted by Crippen LogP contribution is 2.32. The second kappa shape index (κ2) is 5.01. The van der Waals surface area contributed by atoms with E-state index in [9.17, 15) is 0 Å². The highest BCUT2D eigenvalue weighted by atomic mass is 32.1. The largest absolute Gasteiger partial charge is 0.363 e. The summed E-state index contributed by atoms with van der Waals surface area (Å²) in [6.45, 7) is 2.20. The molecule has 82 valence electrons. The molecule has 1 aromatic heterocycles. The van der Waals surface area contributed by atoms with Crippen LogP contribution in [-0.2, 0) is 0 Å². The molecule has 4 heteroatoms. The number of rotatable bonds is 2. The van der Waals surface area contributed by atoms with Gasteiger partial charge in [0, 0.05) is 18.0 Å². The quantitative estimate of drug-likeness (QED) is 0.786. The SMILES string of the molecule is N#CC(C#N)c1ccc(N2CCCCC2)s1. The van der Waals surface area contributed by atoms with Crippen LogP contribution in [0, 0.1) is 22.7 Å². The standard InChI is InChI=1S/C12H13N3S/c13-8-10(9-14)11-4-5-12(16-11)15-6-2-1-3-7-15/h4-5,10H,1-3,6-7H2. The van der Waals surface area contributed by atoms with E-state index in [4.69, 9.17) is 10.5 Å². The number of hydrogen-bond donors (Lipinski definition) is 0. The van der Waals surface area contributed by atoms with Crippen LogP contribution in [0.1, 0.15) is 30.1 Å². The Kier molecular flexibility index (Phi) is 3.44. The minimum Gasteiger partial charge on any atom is -0.363 e. The molecule has 1 fully saturated rings. The average Bonchev–Trinajstić information content (AvgIpc) is 2.81. The number of piperidine rings is 1. The van der Waals surface area contributed by atoms with Gasteiger partial charge in [-0.15, -0.1) is 11.3 Å². The summed E-state index contributed by atoms with van der Waals surface area (Å²) in [7, 11) is 0. The zero-order valence-corrected chi connectivity index (χ0v) is 9.83. The normalized spacial score (nSPS) is 15.8. The van der Waals surface area contributed by atoms with Crippen molar-refractivity contribution in [3.05, 3.63) is 17.0 Å². The maximum absolute atomic E-state index is 8.82. The Morgan fingerprint density at radius 1 is 1.12 bits per heavy atom. The third-order valence-corrected chi connectivity index (χ3v) is 4.03. The highest BCUT2D eigenvalue weighted by Gasteiger charge is 2.16. The Bertz CT molecular complexity index is 418. The van der Waals surface area contributed by atoms with Crippen molar-refractivity contribution in [1.29, 1.82) is 10.5 Å². The van der Waals surface area contributed by atoms with E-state index in [2.05, 4.69) is 4.90 Å². The van der Waals surface area contributed by atoms with E-state index in [0.717, 1.165) is 18.0 Å². The number of thiophene rings is 1. The molecule has 0 amide bonds. The first kappa shape index (κ1) is 11.0. The number of nitrogens with zero attached hydrogens (tertiary/aromatic N) is 3. The molecule has 0 radical (unpaired) electrons. The number of nitriles is 2. The topological polar surface area (TPSA) is 50.8 Å². The van der Waals surface area contributed by atoms with Crippen LogP contribution in [-0.4, -0.2) is 13.1 Å². The van der Waals surface area contributed by atoms with E-state index in [1.54, 1.807) is 11.3 Å². The highest BCUT2D eigenvalue weighted by molar-refractivity contribution is 7.16. The maximum atomic E-state index is 8.82. The summed E-state index contributed by atoms with van der Waals surface area (Å²) in [6.07, 6.45) is 3.80. The summed E-state index contributed by atoms with van der Waals surface area (Å²) < 4.78 is 0. The van der Waals surface area contributed by atoms with Gasteiger partial charge in [-0.1, -0.05) is 0 Å². The predicted octanol–water partition coefficient (Wildman–Crippen LogP) is 2.87. The zero-order chi connectivity index (χ0) is 11.4. The van der Waals surface area contributed by atoms with Gasteiger partial charge in [-0.2, -0.15) is 10.5 Å². The van der Waals surface area contributed by atoms with Gasteiger partial charge in [-0.3, -0.25) is 0 Å². The van der Waals surface area contributed by atoms with E-state index >= 15 is 0 Å². The molecule has 0 saturated carbocycles. The van der Waals surface area contributed by atoms with Crippen LogP contribution in [0.2, 0.25) is 0 Å². The molecule has 0 spiro atoms. The van der Waals surface area contributed by atoms with E-state index in [-0.39, 0.29) is 0 Å². The molecular formula is C12H13N3S. The smallest absolute Gasteiger partial charge is 0.167 e. The van der Waals surface area contributed by atoms with Gasteiger partial charge in [0.1, 0.15) is 0 Å². The van der Waals surface area contributed by atoms with Gasteiger partial charge in [0.05, 0.1) is 17.1 Å². The first-order valence-electron chi connectivity index (χ1n) is 5.49. The van der Waals surface area contributed by atoms with Gasteiger partial charge in [-0.25, -0.2) is 0 Å². The Morgan fingerprint density at radius 2 is 1.81 bits per heavy atom. The summed E-state index contributed by atoms with van der Waals surface area (Å²) in [4.78, 5) is 3.22. The van der Waals surface area contributed by atoms with Crippen LogP contribution < -0.4 is 4.90 Å². The molecular weight excluding hydrogens is 218 g/mol. The van der Waals surface area contributed by atoms with Crippen molar-refractivity contribution in [2.75, 3.05) is 18.0 Å². The molecule has 1 aromatic rings. The third-order valence-electron chi connectivity index (χ3n) is 2.82. The lowest BCUT2D eigenvalue weighted by Gasteiger charge is -2.27. The maximum Gasteiger partial charge on any atom is 0.167 e. The first-order valence-corrected chi connectivity index (χ1v) is 6.30. The van der Waals surface area contributed by atoms with Crippen LogP contribution in [0.3, 0.4) is 0 Å². The molecule has 0 aromatic carbocycles. The van der Waals surface area contributed by atoms with Gasteiger partial charge < -0.3 is 4.90 Å². The fraction of sp³-hybridized carbons (Fsp3) is 0.500. The summed E-state index contributed by atoms with van der Waals surface area (Å²) in [5.74, 6) is -0.608. The van der Waals surface area contributed by atoms with Crippen molar-refractivity contribution in [1.82, 2.24) is 0 Å². The molecule has 0 N–H and O–H groups in total. The van der Waals surface area contributed by atoms with Crippen molar-refractivity contribution in [3.8, 4) is 12.1 Å². The Morgan fingerprint density at radius 3 is 2.44 bits per heavy atom. The lowest BCUT2D eigenvalue weighted by Crippen LogP contribution is -2.28. The van der Waals surface area contributed by atoms with E-state index in [1.165, 1.54) is 24.3 Å². The van der Waals surface area contributed by atoms with Crippen molar-refractivity contribution in [2.24, 2.45) is 0 Å². The average molecular weight is 231 g/mol. The summed E-state index contributed by atoms with van der Waals surface area (Å²) >= 11 is 1.58. The van der Waals surface area contributed by atoms with Gasteiger partial charge in [0.15, 0.2) is 5.92 Å². The third kappa shape index (κ3) is 2.18. The summed E-state index contributed by atoms with van der Waals surface area (Å²) in [6, 6.07) is 7.97. The van der Waals surface area contributed by atoms with Crippen molar-refractivity contribution in [3.63, 3.8) is 0 Å². The molecule has 1 saturated heterocycles. The fourth-order valence-electron chi connectivity index (χ4n) is 1.94. The van der Waals surface area contributed by atoms with Gasteiger partial charge in [0.2, 0.25) is 0 Å². The lowest BCUT2D eigenvalue weighted by atomic mass is 10.1. The first-order chi connectivity index (χ1) is 7.85.